The maximum atomic E-state index is 14.2. The first-order valence-electron chi connectivity index (χ1n) is 30.7. The summed E-state index contributed by atoms with van der Waals surface area (Å²) in [5.74, 6) is -8.44. The van der Waals surface area contributed by atoms with Gasteiger partial charge in [-0.05, 0) is 99.3 Å². The number of nitrogens with one attached hydrogen (secondary N) is 2. The SMILES string of the molecule is C=CC1=C(C)C2=NC1=CC1=NC(=CC3=C(C)C4=C(O)[C@H](C(=O)OC)C(=C5NC(=C2)[C@@H](C)[C@@H]5CCC(=O)Oc2ccccc2/C=C/C(=O)N[C@@H]2C[C@@H](O[C@H]5C[C@](O)(C(=O)CO)Cc6c(O)c7c(c(O)c65)C(=O)c5c(OC)cccc5C7=O)O[C@H](C)[C@@H]2O)C4=N3)C(CC)=C1C. The Hall–Kier alpha value is -9.71. The standard InChI is InChI=1S/C71H69N5O17/c1-10-36-30(3)41-23-43-32(5)38(62(75-43)58-61(70(87)90-9)67(84)55-33(6)44(76-63(55)58)25-46-37(11-2)31(4)42(73-46)24-45(36)72-41)20-22-53(80)92-48-17-13-12-15-35(48)19-21-52(79)74-47-26-54(91-34(7)64(47)81)93-50-28-71(88,51(78)29-77)27-40-57(50)69(86)60-59(66(40)83)65(82)39-16-14-18-49(89-8)56(39)68(60)85/h10,12-19,21,23-25,32,34,38,47,50,54,61,64,75,77,81,83-84,86,88H,1,11,20,22,26-29H2,2-9H3,(H,74,79)/b21-19+,43-23?,45-24?,46-25?,62-58?/t32-,34+,38-,47+,50-,54+,61+,64-,71-/m0/s1. The quantitative estimate of drug-likeness (QED) is 0.0243. The molecule has 480 valence electrons. The van der Waals surface area contributed by atoms with Crippen LogP contribution in [-0.2, 0) is 39.8 Å². The number of aliphatic imine (C=N–C) groups is 3. The number of benzene rings is 3. The van der Waals surface area contributed by atoms with Gasteiger partial charge in [-0.2, -0.15) is 0 Å². The lowest BCUT2D eigenvalue weighted by atomic mass is 9.72. The third-order valence-electron chi connectivity index (χ3n) is 19.2. The van der Waals surface area contributed by atoms with Crippen LogP contribution < -0.4 is 20.1 Å². The molecule has 1 amide bonds. The Morgan fingerprint density at radius 2 is 1.60 bits per heavy atom. The predicted molar refractivity (Wildman–Crippen MR) is 339 cm³/mol. The summed E-state index contributed by atoms with van der Waals surface area (Å²) in [5, 5.41) is 75.5. The van der Waals surface area contributed by atoms with Crippen LogP contribution in [0.5, 0.6) is 23.0 Å². The number of phenolic OH excluding ortho intramolecular Hbond substituents is 2. The first kappa shape index (κ1) is 63.4. The molecule has 93 heavy (non-hydrogen) atoms. The van der Waals surface area contributed by atoms with Crippen molar-refractivity contribution in [1.29, 1.82) is 0 Å². The zero-order valence-corrected chi connectivity index (χ0v) is 52.3. The van der Waals surface area contributed by atoms with Gasteiger partial charge in [-0.3, -0.25) is 28.8 Å². The van der Waals surface area contributed by atoms with Crippen LogP contribution in [0, 0.1) is 17.8 Å². The number of amides is 1. The maximum absolute atomic E-state index is 14.2. The number of hydrogen-bond acceptors (Lipinski definition) is 21. The number of nitrogens with zero attached hydrogens (tertiary/aromatic N) is 3. The molecule has 9 aliphatic rings. The van der Waals surface area contributed by atoms with E-state index in [2.05, 4.69) is 24.1 Å². The highest BCUT2D eigenvalue weighted by molar-refractivity contribution is 6.31. The van der Waals surface area contributed by atoms with E-state index in [1.54, 1.807) is 30.3 Å². The zero-order valence-electron chi connectivity index (χ0n) is 52.3. The van der Waals surface area contributed by atoms with Gasteiger partial charge in [0.1, 0.15) is 53.0 Å². The Kier molecular flexibility index (Phi) is 16.6. The number of ketones is 3. The van der Waals surface area contributed by atoms with E-state index in [9.17, 15) is 59.4 Å². The first-order chi connectivity index (χ1) is 44.4. The first-order valence-corrected chi connectivity index (χ1v) is 30.7. The number of hydrogen-bond donors (Lipinski definition) is 8. The van der Waals surface area contributed by atoms with Crippen molar-refractivity contribution in [3.63, 3.8) is 0 Å². The second kappa shape index (κ2) is 24.4. The number of fused-ring (bicyclic) bond motifs is 8. The number of aromatic hydroxyl groups is 2. The monoisotopic (exact) mass is 1260 g/mol. The van der Waals surface area contributed by atoms with Gasteiger partial charge in [0, 0.05) is 94.0 Å². The Morgan fingerprint density at radius 1 is 0.882 bits per heavy atom. The van der Waals surface area contributed by atoms with Gasteiger partial charge in [-0.25, -0.2) is 15.0 Å². The molecule has 0 saturated carbocycles. The molecule has 2 saturated heterocycles. The number of rotatable bonds is 15. The number of Topliss-reactive ketones (excluding diaryl/α,β-unsaturated/α-hetero) is 1. The summed E-state index contributed by atoms with van der Waals surface area (Å²) in [4.78, 5) is 98.7. The lowest BCUT2D eigenvalue weighted by Gasteiger charge is -2.42. The van der Waals surface area contributed by atoms with Crippen molar-refractivity contribution in [2.24, 2.45) is 32.7 Å². The van der Waals surface area contributed by atoms with Crippen LogP contribution in [0.3, 0.4) is 0 Å². The maximum Gasteiger partial charge on any atom is 0.321 e. The highest BCUT2D eigenvalue weighted by atomic mass is 16.7. The van der Waals surface area contributed by atoms with Gasteiger partial charge in [0.2, 0.25) is 11.7 Å². The van der Waals surface area contributed by atoms with Crippen LogP contribution in [0.25, 0.3) is 6.08 Å². The van der Waals surface area contributed by atoms with Crippen LogP contribution in [0.2, 0.25) is 0 Å². The summed E-state index contributed by atoms with van der Waals surface area (Å²) in [6.45, 7) is 14.4. The molecule has 8 N–H and O–H groups in total. The fraction of sp³-hybridized carbons (Fsp3) is 0.338. The number of esters is 2. The molecule has 0 spiro atoms. The summed E-state index contributed by atoms with van der Waals surface area (Å²) >= 11 is 0. The molecule has 0 unspecified atom stereocenters. The minimum atomic E-state index is -2.42. The minimum Gasteiger partial charge on any atom is -0.510 e. The highest BCUT2D eigenvalue weighted by Gasteiger charge is 2.52. The molecule has 3 aliphatic carbocycles. The van der Waals surface area contributed by atoms with E-state index in [1.807, 2.05) is 45.9 Å². The van der Waals surface area contributed by atoms with Crippen molar-refractivity contribution in [2.75, 3.05) is 20.8 Å². The normalized spacial score (nSPS) is 26.1. The van der Waals surface area contributed by atoms with E-state index < -0.39 is 125 Å². The number of ether oxygens (including phenoxy) is 5. The molecule has 0 radical (unpaired) electrons. The predicted octanol–water partition coefficient (Wildman–Crippen LogP) is 7.81. The molecule has 3 aromatic rings. The molecule has 3 aromatic carbocycles. The van der Waals surface area contributed by atoms with Gasteiger partial charge in [0.15, 0.2) is 17.9 Å². The average molecular weight is 1260 g/mol. The molecule has 2 fully saturated rings. The molecule has 6 aliphatic heterocycles. The van der Waals surface area contributed by atoms with Gasteiger partial charge in [0.05, 0.1) is 83.4 Å². The largest absolute Gasteiger partial charge is 0.510 e. The van der Waals surface area contributed by atoms with Crippen LogP contribution in [-0.4, -0.2) is 134 Å². The van der Waals surface area contributed by atoms with E-state index in [-0.39, 0.29) is 64.7 Å². The van der Waals surface area contributed by atoms with E-state index in [0.717, 1.165) is 39.4 Å². The van der Waals surface area contributed by atoms with E-state index in [4.69, 9.17) is 38.7 Å². The molecule has 0 aromatic heterocycles. The van der Waals surface area contributed by atoms with Gasteiger partial charge >= 0.3 is 11.9 Å². The molecule has 9 atom stereocenters. The highest BCUT2D eigenvalue weighted by Crippen LogP contribution is 2.54. The summed E-state index contributed by atoms with van der Waals surface area (Å²) in [6.07, 6.45) is 4.09. The zero-order chi connectivity index (χ0) is 66.4. The number of phenols is 2. The van der Waals surface area contributed by atoms with Crippen LogP contribution in [0.4, 0.5) is 0 Å². The van der Waals surface area contributed by atoms with Crippen molar-refractivity contribution < 1.29 is 83.1 Å². The third-order valence-corrected chi connectivity index (χ3v) is 19.2. The fourth-order valence-electron chi connectivity index (χ4n) is 14.2. The number of carbonyl (C=O) groups excluding carboxylic acids is 6. The van der Waals surface area contributed by atoms with E-state index in [0.29, 0.717) is 57.2 Å². The lowest BCUT2D eigenvalue weighted by molar-refractivity contribution is -0.249. The van der Waals surface area contributed by atoms with E-state index >= 15 is 0 Å². The van der Waals surface area contributed by atoms with Crippen LogP contribution in [0.15, 0.2) is 168 Å². The van der Waals surface area contributed by atoms with Crippen molar-refractivity contribution in [2.45, 2.75) is 116 Å². The topological polar surface area (TPSA) is 331 Å². The number of para-hydroxylation sites is 1. The number of allylic oxidation sites excluding steroid dienone is 11. The third kappa shape index (κ3) is 10.6. The van der Waals surface area contributed by atoms with Crippen molar-refractivity contribution >= 4 is 58.4 Å². The van der Waals surface area contributed by atoms with Gasteiger partial charge in [-0.1, -0.05) is 56.8 Å². The molecule has 6 heterocycles. The Bertz CT molecular complexity index is 4310. The lowest BCUT2D eigenvalue weighted by Crippen LogP contribution is -2.55. The van der Waals surface area contributed by atoms with Crippen LogP contribution in [0.1, 0.15) is 128 Å². The molecule has 12 rings (SSSR count). The number of carbonyl (C=O) groups is 6. The number of aliphatic hydroxyl groups excluding tert-OH is 3. The molecule has 8 bridgehead atoms. The van der Waals surface area contributed by atoms with Crippen molar-refractivity contribution in [3.05, 3.63) is 192 Å². The molecule has 22 heteroatoms. The minimum absolute atomic E-state index is 0.0296. The summed E-state index contributed by atoms with van der Waals surface area (Å²) in [5.41, 5.74) is 6.33. The van der Waals surface area contributed by atoms with Crippen molar-refractivity contribution in [3.8, 4) is 23.0 Å². The smallest absolute Gasteiger partial charge is 0.321 e. The average Bonchev–Trinajstić information content (AvgIpc) is 1.45. The molecular formula is C71H69N5O17. The van der Waals surface area contributed by atoms with E-state index in [1.165, 1.54) is 51.5 Å². The second-order valence-electron chi connectivity index (χ2n) is 24.4. The fourth-order valence-corrected chi connectivity index (χ4v) is 14.2. The van der Waals surface area contributed by atoms with Crippen molar-refractivity contribution in [1.82, 2.24) is 10.6 Å². The number of methoxy groups -OCH3 is 2. The van der Waals surface area contributed by atoms with Gasteiger partial charge in [-0.15, -0.1) is 0 Å². The second-order valence-corrected chi connectivity index (χ2v) is 24.4. The molecular weight excluding hydrogens is 1190 g/mol. The Balaban J connectivity index is 0.783. The molecule has 22 nitrogen and oxygen atoms in total. The van der Waals surface area contributed by atoms with Gasteiger partial charge < -0.3 is 65.0 Å². The summed E-state index contributed by atoms with van der Waals surface area (Å²) < 4.78 is 29.1. The Morgan fingerprint density at radius 3 is 2.32 bits per heavy atom. The summed E-state index contributed by atoms with van der Waals surface area (Å²) in [6, 6.07) is 9.73. The van der Waals surface area contributed by atoms with Crippen LogP contribution >= 0.6 is 0 Å². The van der Waals surface area contributed by atoms with Gasteiger partial charge in [0.25, 0.3) is 0 Å². The number of aliphatic hydroxyl groups is 4. The summed E-state index contributed by atoms with van der Waals surface area (Å²) in [7, 11) is 2.55. The Labute approximate surface area is 534 Å².